The van der Waals surface area contributed by atoms with Gasteiger partial charge in [-0.05, 0) is 38.1 Å². The predicted octanol–water partition coefficient (Wildman–Crippen LogP) is 5.25. The zero-order valence-corrected chi connectivity index (χ0v) is 15.3. The van der Waals surface area contributed by atoms with Gasteiger partial charge in [0.1, 0.15) is 5.41 Å². The molecule has 4 nitrogen and oxygen atoms in total. The second-order valence-electron chi connectivity index (χ2n) is 5.61. The minimum Gasteiger partial charge on any atom is -0.324 e. The molecule has 0 saturated carbocycles. The molecule has 0 aromatic heterocycles. The van der Waals surface area contributed by atoms with Gasteiger partial charge in [0, 0.05) is 0 Å². The van der Waals surface area contributed by atoms with Gasteiger partial charge in [0.15, 0.2) is 0 Å². The first-order valence-electron chi connectivity index (χ1n) is 7.05. The van der Waals surface area contributed by atoms with Crippen molar-refractivity contribution in [3.8, 4) is 0 Å². The van der Waals surface area contributed by atoms with E-state index in [0.717, 1.165) is 0 Å². The molecule has 2 aromatic rings. The maximum Gasteiger partial charge on any atom is 0.239 e. The Balaban J connectivity index is 2.18. The van der Waals surface area contributed by atoms with E-state index >= 15 is 0 Å². The van der Waals surface area contributed by atoms with Crippen LogP contribution in [0.15, 0.2) is 42.5 Å². The largest absolute Gasteiger partial charge is 0.324 e. The Bertz CT molecular complexity index is 771. The zero-order chi connectivity index (χ0) is 17.9. The van der Waals surface area contributed by atoms with Crippen LogP contribution in [0.3, 0.4) is 0 Å². The van der Waals surface area contributed by atoms with Crippen molar-refractivity contribution in [1.82, 2.24) is 0 Å². The van der Waals surface area contributed by atoms with E-state index < -0.39 is 17.2 Å². The molecule has 0 radical (unpaired) electrons. The lowest BCUT2D eigenvalue weighted by Crippen LogP contribution is -2.41. The number of hydrogen-bond donors (Lipinski definition) is 2. The monoisotopic (exact) mass is 384 g/mol. The third-order valence-corrected chi connectivity index (χ3v) is 4.42. The molecular weight excluding hydrogens is 371 g/mol. The number of carbonyl (C=O) groups excluding carboxylic acids is 2. The average molecular weight is 386 g/mol. The molecule has 0 atom stereocenters. The molecule has 0 bridgehead atoms. The van der Waals surface area contributed by atoms with Crippen molar-refractivity contribution in [1.29, 1.82) is 0 Å². The van der Waals surface area contributed by atoms with Gasteiger partial charge in [0.2, 0.25) is 11.8 Å². The minimum absolute atomic E-state index is 0.268. The van der Waals surface area contributed by atoms with Crippen LogP contribution >= 0.6 is 34.8 Å². The summed E-state index contributed by atoms with van der Waals surface area (Å²) in [5.74, 6) is -1.04. The number of nitrogens with one attached hydrogen (secondary N) is 2. The Morgan fingerprint density at radius 2 is 1.29 bits per heavy atom. The van der Waals surface area contributed by atoms with Crippen LogP contribution in [0.2, 0.25) is 15.1 Å². The van der Waals surface area contributed by atoms with E-state index in [0.29, 0.717) is 10.7 Å². The molecule has 24 heavy (non-hydrogen) atoms. The Morgan fingerprint density at radius 1 is 0.792 bits per heavy atom. The third-order valence-electron chi connectivity index (χ3n) is 3.46. The van der Waals surface area contributed by atoms with Gasteiger partial charge < -0.3 is 10.6 Å². The molecular formula is C17H15Cl3N2O2. The topological polar surface area (TPSA) is 58.2 Å². The fraction of sp³-hybridized carbons (Fsp3) is 0.176. The first-order valence-corrected chi connectivity index (χ1v) is 8.18. The Morgan fingerprint density at radius 3 is 1.88 bits per heavy atom. The second-order valence-corrected chi connectivity index (χ2v) is 6.83. The molecule has 0 aliphatic rings. The van der Waals surface area contributed by atoms with Gasteiger partial charge in [-0.15, -0.1) is 0 Å². The van der Waals surface area contributed by atoms with Gasteiger partial charge in [-0.3, -0.25) is 9.59 Å². The van der Waals surface area contributed by atoms with E-state index in [-0.39, 0.29) is 15.7 Å². The smallest absolute Gasteiger partial charge is 0.239 e. The Kier molecular flexibility index (Phi) is 5.75. The van der Waals surface area contributed by atoms with E-state index in [1.807, 2.05) is 0 Å². The van der Waals surface area contributed by atoms with Crippen LogP contribution in [-0.4, -0.2) is 11.8 Å². The van der Waals surface area contributed by atoms with Crippen LogP contribution in [0.5, 0.6) is 0 Å². The minimum atomic E-state index is -1.37. The number of carbonyl (C=O) groups is 2. The van der Waals surface area contributed by atoms with Crippen molar-refractivity contribution >= 4 is 58.0 Å². The molecule has 2 aromatic carbocycles. The van der Waals surface area contributed by atoms with Crippen molar-refractivity contribution < 1.29 is 9.59 Å². The van der Waals surface area contributed by atoms with Crippen molar-refractivity contribution in [2.24, 2.45) is 5.41 Å². The van der Waals surface area contributed by atoms with Crippen LogP contribution in [0.4, 0.5) is 11.4 Å². The number of rotatable bonds is 4. The van der Waals surface area contributed by atoms with Crippen molar-refractivity contribution in [2.75, 3.05) is 10.6 Å². The molecule has 126 valence electrons. The molecule has 2 amide bonds. The molecule has 0 aliphatic heterocycles. The molecule has 2 rings (SSSR count). The maximum atomic E-state index is 12.5. The molecule has 0 spiro atoms. The normalized spacial score (nSPS) is 11.0. The highest BCUT2D eigenvalue weighted by atomic mass is 35.5. The van der Waals surface area contributed by atoms with Crippen LogP contribution in [-0.2, 0) is 9.59 Å². The lowest BCUT2D eigenvalue weighted by Gasteiger charge is -2.23. The predicted molar refractivity (Wildman–Crippen MR) is 99.0 cm³/mol. The number of amides is 2. The molecule has 0 heterocycles. The maximum absolute atomic E-state index is 12.5. The summed E-state index contributed by atoms with van der Waals surface area (Å²) in [6.07, 6.45) is 0. The second kappa shape index (κ2) is 7.43. The van der Waals surface area contributed by atoms with E-state index in [4.69, 9.17) is 34.8 Å². The summed E-state index contributed by atoms with van der Waals surface area (Å²) >= 11 is 18.1. The van der Waals surface area contributed by atoms with E-state index in [1.165, 1.54) is 13.8 Å². The lowest BCUT2D eigenvalue weighted by molar-refractivity contribution is -0.135. The van der Waals surface area contributed by atoms with Crippen LogP contribution < -0.4 is 10.6 Å². The summed E-state index contributed by atoms with van der Waals surface area (Å²) in [7, 11) is 0. The SMILES string of the molecule is CC(C)(C(=O)Nc1ccccc1Cl)C(=O)Nc1c(Cl)cccc1Cl. The average Bonchev–Trinajstić information content (AvgIpc) is 2.53. The van der Waals surface area contributed by atoms with Gasteiger partial charge in [0.05, 0.1) is 26.4 Å². The summed E-state index contributed by atoms with van der Waals surface area (Å²) in [6, 6.07) is 11.6. The van der Waals surface area contributed by atoms with E-state index in [2.05, 4.69) is 10.6 Å². The van der Waals surface area contributed by atoms with Crippen molar-refractivity contribution in [3.63, 3.8) is 0 Å². The summed E-state index contributed by atoms with van der Waals surface area (Å²) in [6.45, 7) is 3.00. The highest BCUT2D eigenvalue weighted by molar-refractivity contribution is 6.40. The summed E-state index contributed by atoms with van der Waals surface area (Å²) in [4.78, 5) is 25.0. The first-order chi connectivity index (χ1) is 11.2. The van der Waals surface area contributed by atoms with Crippen LogP contribution in [0.1, 0.15) is 13.8 Å². The Labute approximate surface area is 155 Å². The molecule has 2 N–H and O–H groups in total. The number of para-hydroxylation sites is 2. The van der Waals surface area contributed by atoms with Crippen LogP contribution in [0, 0.1) is 5.41 Å². The molecule has 0 saturated heterocycles. The van der Waals surface area contributed by atoms with Gasteiger partial charge in [0.25, 0.3) is 0 Å². The summed E-state index contributed by atoms with van der Waals surface area (Å²) < 4.78 is 0. The van der Waals surface area contributed by atoms with Gasteiger partial charge in [-0.2, -0.15) is 0 Å². The fourth-order valence-electron chi connectivity index (χ4n) is 1.83. The van der Waals surface area contributed by atoms with Gasteiger partial charge >= 0.3 is 0 Å². The number of benzene rings is 2. The Hall–Kier alpha value is -1.75. The molecule has 7 heteroatoms. The number of hydrogen-bond acceptors (Lipinski definition) is 2. The molecule has 0 unspecified atom stereocenters. The van der Waals surface area contributed by atoms with Crippen LogP contribution in [0.25, 0.3) is 0 Å². The summed E-state index contributed by atoms with van der Waals surface area (Å²) in [5.41, 5.74) is -0.674. The highest BCUT2D eigenvalue weighted by Gasteiger charge is 2.37. The quantitative estimate of drug-likeness (QED) is 0.706. The van der Waals surface area contributed by atoms with Crippen molar-refractivity contribution in [3.05, 3.63) is 57.5 Å². The lowest BCUT2D eigenvalue weighted by atomic mass is 9.90. The number of anilines is 2. The summed E-state index contributed by atoms with van der Waals surface area (Å²) in [5, 5.41) is 6.22. The van der Waals surface area contributed by atoms with E-state index in [9.17, 15) is 9.59 Å². The van der Waals surface area contributed by atoms with Gasteiger partial charge in [-0.1, -0.05) is 53.0 Å². The number of halogens is 3. The van der Waals surface area contributed by atoms with E-state index in [1.54, 1.807) is 42.5 Å². The first kappa shape index (κ1) is 18.6. The molecule has 0 aliphatic carbocycles. The zero-order valence-electron chi connectivity index (χ0n) is 13.0. The van der Waals surface area contributed by atoms with Gasteiger partial charge in [-0.25, -0.2) is 0 Å². The third kappa shape index (κ3) is 4.01. The highest BCUT2D eigenvalue weighted by Crippen LogP contribution is 2.32. The molecule has 0 fully saturated rings. The van der Waals surface area contributed by atoms with Crippen molar-refractivity contribution in [2.45, 2.75) is 13.8 Å². The standard InChI is InChI=1S/C17H15Cl3N2O2/c1-17(2,15(23)21-13-9-4-3-6-10(13)18)16(24)22-14-11(19)7-5-8-12(14)20/h3-9H,1-2H3,(H,21,23)(H,22,24). The fourth-order valence-corrected chi connectivity index (χ4v) is 2.51.